The van der Waals surface area contributed by atoms with Gasteiger partial charge in [-0.2, -0.15) is 0 Å². The lowest BCUT2D eigenvalue weighted by Gasteiger charge is -2.26. The topological polar surface area (TPSA) is 17.1 Å². The van der Waals surface area contributed by atoms with Crippen molar-refractivity contribution in [3.63, 3.8) is 0 Å². The third-order valence-electron chi connectivity index (χ3n) is 3.11. The highest BCUT2D eigenvalue weighted by molar-refractivity contribution is 6.09. The van der Waals surface area contributed by atoms with E-state index in [9.17, 15) is 13.6 Å². The summed E-state index contributed by atoms with van der Waals surface area (Å²) in [4.78, 5) is 12.2. The first-order valence-corrected chi connectivity index (χ1v) is 5.77. The summed E-state index contributed by atoms with van der Waals surface area (Å²) in [5.74, 6) is -0.777. The van der Waals surface area contributed by atoms with E-state index >= 15 is 0 Å². The third-order valence-corrected chi connectivity index (χ3v) is 3.11. The Morgan fingerprint density at radius 2 is 1.72 bits per heavy atom. The Labute approximate surface area is 105 Å². The van der Waals surface area contributed by atoms with Crippen molar-refractivity contribution in [1.82, 2.24) is 0 Å². The predicted molar refractivity (Wildman–Crippen MR) is 66.4 cm³/mol. The molecule has 0 aromatic heterocycles. The van der Waals surface area contributed by atoms with Gasteiger partial charge in [-0.05, 0) is 36.8 Å². The minimum atomic E-state index is -0.653. The molecule has 0 unspecified atom stereocenters. The highest BCUT2D eigenvalue weighted by atomic mass is 19.1. The second kappa shape index (κ2) is 4.48. The highest BCUT2D eigenvalue weighted by Crippen LogP contribution is 2.38. The molecule has 94 valence electrons. The van der Waals surface area contributed by atoms with E-state index in [2.05, 4.69) is 0 Å². The van der Waals surface area contributed by atoms with Gasteiger partial charge in [-0.1, -0.05) is 19.9 Å². The molecule has 0 radical (unpaired) electrons. The van der Waals surface area contributed by atoms with Crippen LogP contribution in [0, 0.1) is 11.2 Å². The second-order valence-corrected chi connectivity index (χ2v) is 5.10. The Morgan fingerprint density at radius 1 is 1.11 bits per heavy atom. The summed E-state index contributed by atoms with van der Waals surface area (Å²) in [5, 5.41) is 0. The molecular formula is C15H14F2O. The minimum absolute atomic E-state index is 0.174. The van der Waals surface area contributed by atoms with Crippen molar-refractivity contribution in [3.05, 3.63) is 59.2 Å². The van der Waals surface area contributed by atoms with Crippen molar-refractivity contribution in [3.8, 4) is 0 Å². The van der Waals surface area contributed by atoms with Gasteiger partial charge in [0.2, 0.25) is 0 Å². The second-order valence-electron chi connectivity index (χ2n) is 5.10. The Kier molecular flexibility index (Phi) is 3.16. The van der Waals surface area contributed by atoms with Crippen LogP contribution < -0.4 is 0 Å². The van der Waals surface area contributed by atoms with E-state index in [4.69, 9.17) is 0 Å². The first kappa shape index (κ1) is 12.7. The van der Waals surface area contributed by atoms with Crippen molar-refractivity contribution in [2.45, 2.75) is 20.3 Å². The lowest BCUT2D eigenvalue weighted by Crippen LogP contribution is -2.19. The number of hydrogen-bond acceptors (Lipinski definition) is 1. The third kappa shape index (κ3) is 2.40. The molecule has 1 nitrogen and oxygen atoms in total. The molecule has 0 spiro atoms. The monoisotopic (exact) mass is 248 g/mol. The summed E-state index contributed by atoms with van der Waals surface area (Å²) in [5.41, 5.74) is 0.321. The molecule has 1 aromatic carbocycles. The first-order chi connectivity index (χ1) is 8.40. The van der Waals surface area contributed by atoms with Crippen LogP contribution in [0.3, 0.4) is 0 Å². The number of Topliss-reactive ketones (excluding diaryl/α,β-unsaturated/α-hetero) is 1. The molecule has 18 heavy (non-hydrogen) atoms. The van der Waals surface area contributed by atoms with Crippen LogP contribution in [0.4, 0.5) is 8.78 Å². The number of halogens is 2. The van der Waals surface area contributed by atoms with Gasteiger partial charge in [0.05, 0.1) is 0 Å². The van der Waals surface area contributed by atoms with Crippen LogP contribution in [0.25, 0.3) is 0 Å². The summed E-state index contributed by atoms with van der Waals surface area (Å²) in [7, 11) is 0. The summed E-state index contributed by atoms with van der Waals surface area (Å²) >= 11 is 0. The summed E-state index contributed by atoms with van der Waals surface area (Å²) < 4.78 is 26.3. The van der Waals surface area contributed by atoms with Gasteiger partial charge in [0.15, 0.2) is 5.78 Å². The zero-order valence-corrected chi connectivity index (χ0v) is 10.3. The number of ketones is 1. The van der Waals surface area contributed by atoms with Crippen molar-refractivity contribution in [2.24, 2.45) is 5.41 Å². The summed E-state index contributed by atoms with van der Waals surface area (Å²) in [6.07, 6.45) is 3.19. The molecular weight excluding hydrogens is 234 g/mol. The van der Waals surface area contributed by atoms with Gasteiger partial charge < -0.3 is 0 Å². The number of hydrogen-bond donors (Lipinski definition) is 0. The molecule has 2 rings (SSSR count). The number of rotatable bonds is 2. The van der Waals surface area contributed by atoms with Crippen molar-refractivity contribution >= 4 is 5.78 Å². The van der Waals surface area contributed by atoms with E-state index in [1.165, 1.54) is 36.4 Å². The van der Waals surface area contributed by atoms with Gasteiger partial charge in [-0.15, -0.1) is 0 Å². The van der Waals surface area contributed by atoms with E-state index in [-0.39, 0.29) is 17.4 Å². The molecule has 1 aliphatic rings. The number of carbonyl (C=O) groups excluding carboxylic acids is 1. The Morgan fingerprint density at radius 3 is 2.28 bits per heavy atom. The highest BCUT2D eigenvalue weighted by Gasteiger charge is 2.30. The standard InChI is InChI=1S/C15H14F2O/c1-15(2)9-11(5-8-13(15)17)14(18)10-3-6-12(16)7-4-10/h3-8H,9H2,1-2H3. The molecule has 0 saturated heterocycles. The molecule has 3 heteroatoms. The normalized spacial score (nSPS) is 18.0. The van der Waals surface area contributed by atoms with Crippen molar-refractivity contribution in [1.29, 1.82) is 0 Å². The first-order valence-electron chi connectivity index (χ1n) is 5.77. The average molecular weight is 248 g/mol. The summed E-state index contributed by atoms with van der Waals surface area (Å²) in [6, 6.07) is 5.39. The van der Waals surface area contributed by atoms with Crippen LogP contribution in [-0.2, 0) is 0 Å². The maximum atomic E-state index is 13.5. The molecule has 0 saturated carbocycles. The molecule has 0 heterocycles. The molecule has 0 atom stereocenters. The van der Waals surface area contributed by atoms with E-state index in [1.807, 2.05) is 0 Å². The lowest BCUT2D eigenvalue weighted by atomic mass is 9.79. The Bertz CT molecular complexity index is 536. The van der Waals surface area contributed by atoms with Crippen LogP contribution in [0.2, 0.25) is 0 Å². The smallest absolute Gasteiger partial charge is 0.189 e. The van der Waals surface area contributed by atoms with Crippen LogP contribution in [0.5, 0.6) is 0 Å². The van der Waals surface area contributed by atoms with Crippen LogP contribution in [0.1, 0.15) is 30.6 Å². The van der Waals surface area contributed by atoms with Gasteiger partial charge in [-0.25, -0.2) is 8.78 Å². The molecule has 0 bridgehead atoms. The van der Waals surface area contributed by atoms with Gasteiger partial charge in [0.1, 0.15) is 11.6 Å². The number of carbonyl (C=O) groups is 1. The average Bonchev–Trinajstić information content (AvgIpc) is 2.33. The van der Waals surface area contributed by atoms with Crippen molar-refractivity contribution in [2.75, 3.05) is 0 Å². The van der Waals surface area contributed by atoms with E-state index in [1.54, 1.807) is 13.8 Å². The molecule has 1 aromatic rings. The molecule has 1 aliphatic carbocycles. The molecule has 0 N–H and O–H groups in total. The van der Waals surface area contributed by atoms with E-state index in [0.29, 0.717) is 17.6 Å². The molecule has 0 amide bonds. The Balaban J connectivity index is 2.28. The fourth-order valence-electron chi connectivity index (χ4n) is 1.96. The maximum absolute atomic E-state index is 13.5. The minimum Gasteiger partial charge on any atom is -0.289 e. The largest absolute Gasteiger partial charge is 0.289 e. The lowest BCUT2D eigenvalue weighted by molar-refractivity contribution is 0.102. The summed E-state index contributed by atoms with van der Waals surface area (Å²) in [6.45, 7) is 3.51. The van der Waals surface area contributed by atoms with Gasteiger partial charge in [0, 0.05) is 16.6 Å². The molecule has 0 fully saturated rings. The van der Waals surface area contributed by atoms with Gasteiger partial charge >= 0.3 is 0 Å². The Hall–Kier alpha value is -1.77. The zero-order valence-electron chi connectivity index (χ0n) is 10.3. The predicted octanol–water partition coefficient (Wildman–Crippen LogP) is 4.22. The maximum Gasteiger partial charge on any atom is 0.189 e. The van der Waals surface area contributed by atoms with Gasteiger partial charge in [-0.3, -0.25) is 4.79 Å². The van der Waals surface area contributed by atoms with Crippen LogP contribution >= 0.6 is 0 Å². The number of allylic oxidation sites excluding steroid dienone is 4. The van der Waals surface area contributed by atoms with Crippen LogP contribution in [0.15, 0.2) is 47.8 Å². The van der Waals surface area contributed by atoms with Crippen molar-refractivity contribution < 1.29 is 13.6 Å². The quantitative estimate of drug-likeness (QED) is 0.716. The van der Waals surface area contributed by atoms with E-state index < -0.39 is 5.41 Å². The SMILES string of the molecule is CC1(C)CC(C(=O)c2ccc(F)cc2)=CC=C1F. The zero-order chi connectivity index (χ0) is 13.3. The molecule has 0 aliphatic heterocycles. The number of benzene rings is 1. The van der Waals surface area contributed by atoms with Crippen LogP contribution in [-0.4, -0.2) is 5.78 Å². The van der Waals surface area contributed by atoms with Gasteiger partial charge in [0.25, 0.3) is 0 Å². The fraction of sp³-hybridized carbons (Fsp3) is 0.267. The fourth-order valence-corrected chi connectivity index (χ4v) is 1.96. The van der Waals surface area contributed by atoms with E-state index in [0.717, 1.165) is 0 Å².